The fourth-order valence-corrected chi connectivity index (χ4v) is 3.17. The number of carbonyl (C=O) groups is 2. The third-order valence-corrected chi connectivity index (χ3v) is 4.63. The van der Waals surface area contributed by atoms with Crippen LogP contribution in [0.2, 0.25) is 0 Å². The minimum absolute atomic E-state index is 0.0924. The predicted molar refractivity (Wildman–Crippen MR) is 98.7 cm³/mol. The second-order valence-electron chi connectivity index (χ2n) is 6.57. The normalized spacial score (nSPS) is 15.1. The molecule has 7 heteroatoms. The average Bonchev–Trinajstić information content (AvgIpc) is 2.84. The first-order valence-corrected chi connectivity index (χ1v) is 9.16. The number of benzene rings is 1. The van der Waals surface area contributed by atoms with Gasteiger partial charge < -0.3 is 15.2 Å². The number of hydrogen-bond donors (Lipinski definition) is 2. The number of amides is 2. The van der Waals surface area contributed by atoms with Gasteiger partial charge in [-0.05, 0) is 25.0 Å². The van der Waals surface area contributed by atoms with Crippen molar-refractivity contribution < 1.29 is 9.59 Å². The Bertz CT molecular complexity index is 846. The maximum atomic E-state index is 12.0. The summed E-state index contributed by atoms with van der Waals surface area (Å²) in [6.45, 7) is 1.61. The number of hydrogen-bond acceptors (Lipinski definition) is 4. The summed E-state index contributed by atoms with van der Waals surface area (Å²) in [7, 11) is 0. The van der Waals surface area contributed by atoms with Crippen molar-refractivity contribution in [2.45, 2.75) is 38.5 Å². The summed E-state index contributed by atoms with van der Waals surface area (Å²) in [6.07, 6.45) is 4.36. The molecule has 1 aliphatic heterocycles. The molecule has 2 heterocycles. The molecule has 138 valence electrons. The van der Waals surface area contributed by atoms with Crippen LogP contribution in [0, 0.1) is 0 Å². The monoisotopic (exact) mass is 356 g/mol. The number of nitrogens with zero attached hydrogens (tertiary/aromatic N) is 2. The number of fused-ring (bicyclic) bond motifs is 1. The number of H-pyrrole nitrogens is 1. The van der Waals surface area contributed by atoms with E-state index in [0.29, 0.717) is 49.1 Å². The largest absolute Gasteiger partial charge is 0.356 e. The highest BCUT2D eigenvalue weighted by atomic mass is 16.2. The summed E-state index contributed by atoms with van der Waals surface area (Å²) in [5, 5.41) is 3.39. The number of aromatic amines is 1. The molecule has 0 aliphatic carbocycles. The molecule has 3 rings (SSSR count). The third-order valence-electron chi connectivity index (χ3n) is 4.63. The molecule has 0 bridgehead atoms. The molecule has 7 nitrogen and oxygen atoms in total. The highest BCUT2D eigenvalue weighted by Gasteiger charge is 2.17. The summed E-state index contributed by atoms with van der Waals surface area (Å²) in [5.74, 6) is 0.607. The molecule has 1 fully saturated rings. The van der Waals surface area contributed by atoms with E-state index in [4.69, 9.17) is 0 Å². The summed E-state index contributed by atoms with van der Waals surface area (Å²) >= 11 is 0. The highest BCUT2D eigenvalue weighted by molar-refractivity contribution is 5.79. The van der Waals surface area contributed by atoms with Crippen molar-refractivity contribution in [1.29, 1.82) is 0 Å². The second-order valence-corrected chi connectivity index (χ2v) is 6.57. The van der Waals surface area contributed by atoms with Gasteiger partial charge in [-0.2, -0.15) is 0 Å². The first-order chi connectivity index (χ1) is 12.6. The second kappa shape index (κ2) is 8.60. The van der Waals surface area contributed by atoms with Gasteiger partial charge in [-0.25, -0.2) is 4.98 Å². The van der Waals surface area contributed by atoms with Crippen molar-refractivity contribution in [2.24, 2.45) is 0 Å². The number of para-hydroxylation sites is 1. The van der Waals surface area contributed by atoms with E-state index in [0.717, 1.165) is 25.8 Å². The van der Waals surface area contributed by atoms with Crippen LogP contribution in [0.4, 0.5) is 0 Å². The fraction of sp³-hybridized carbons (Fsp3) is 0.474. The van der Waals surface area contributed by atoms with Crippen LogP contribution in [0.3, 0.4) is 0 Å². The van der Waals surface area contributed by atoms with Gasteiger partial charge in [-0.15, -0.1) is 0 Å². The number of aromatic nitrogens is 2. The molecule has 0 radical (unpaired) electrons. The zero-order valence-electron chi connectivity index (χ0n) is 14.8. The van der Waals surface area contributed by atoms with Gasteiger partial charge in [-0.1, -0.05) is 18.6 Å². The van der Waals surface area contributed by atoms with Gasteiger partial charge in [0.15, 0.2) is 0 Å². The standard InChI is InChI=1S/C19H24N4O3/c24-17(10-13-23-12-5-1-2-8-18(23)25)20-11-9-16-21-15-7-4-3-6-14(15)19(26)22-16/h3-4,6-7H,1-2,5,8-13H2,(H,20,24)(H,21,22,26). The molecule has 1 aromatic carbocycles. The van der Waals surface area contributed by atoms with Gasteiger partial charge in [0, 0.05) is 38.9 Å². The molecular formula is C19H24N4O3. The van der Waals surface area contributed by atoms with Crippen LogP contribution in [0.5, 0.6) is 0 Å². The summed E-state index contributed by atoms with van der Waals surface area (Å²) < 4.78 is 0. The molecular weight excluding hydrogens is 332 g/mol. The van der Waals surface area contributed by atoms with Gasteiger partial charge in [0.1, 0.15) is 5.82 Å². The summed E-state index contributed by atoms with van der Waals surface area (Å²) in [6, 6.07) is 7.17. The fourth-order valence-electron chi connectivity index (χ4n) is 3.17. The van der Waals surface area contributed by atoms with Crippen LogP contribution >= 0.6 is 0 Å². The van der Waals surface area contributed by atoms with Crippen LogP contribution < -0.4 is 10.9 Å². The van der Waals surface area contributed by atoms with E-state index in [2.05, 4.69) is 15.3 Å². The zero-order valence-corrected chi connectivity index (χ0v) is 14.8. The lowest BCUT2D eigenvalue weighted by Crippen LogP contribution is -2.35. The van der Waals surface area contributed by atoms with E-state index in [1.807, 2.05) is 6.07 Å². The van der Waals surface area contributed by atoms with Crippen LogP contribution in [0.15, 0.2) is 29.1 Å². The Hall–Kier alpha value is -2.70. The predicted octanol–water partition coefficient (Wildman–Crippen LogP) is 1.37. The Balaban J connectivity index is 1.46. The van der Waals surface area contributed by atoms with Gasteiger partial charge in [0.05, 0.1) is 10.9 Å². The van der Waals surface area contributed by atoms with Crippen LogP contribution in [-0.2, 0) is 16.0 Å². The minimum atomic E-state index is -0.170. The van der Waals surface area contributed by atoms with E-state index in [1.54, 1.807) is 23.1 Å². The molecule has 26 heavy (non-hydrogen) atoms. The van der Waals surface area contributed by atoms with E-state index >= 15 is 0 Å². The topological polar surface area (TPSA) is 95.2 Å². The van der Waals surface area contributed by atoms with Gasteiger partial charge >= 0.3 is 0 Å². The minimum Gasteiger partial charge on any atom is -0.356 e. The Morgan fingerprint density at radius 1 is 1.19 bits per heavy atom. The highest BCUT2D eigenvalue weighted by Crippen LogP contribution is 2.11. The number of rotatable bonds is 6. The Morgan fingerprint density at radius 3 is 2.92 bits per heavy atom. The van der Waals surface area contributed by atoms with Crippen molar-refractivity contribution in [3.63, 3.8) is 0 Å². The van der Waals surface area contributed by atoms with E-state index in [1.165, 1.54) is 0 Å². The van der Waals surface area contributed by atoms with Crippen molar-refractivity contribution >= 4 is 22.7 Å². The molecule has 0 unspecified atom stereocenters. The number of nitrogens with one attached hydrogen (secondary N) is 2. The maximum absolute atomic E-state index is 12.0. The quantitative estimate of drug-likeness (QED) is 0.817. The lowest BCUT2D eigenvalue weighted by atomic mass is 10.2. The number of carbonyl (C=O) groups excluding carboxylic acids is 2. The van der Waals surface area contributed by atoms with Crippen molar-refractivity contribution in [3.8, 4) is 0 Å². The SMILES string of the molecule is O=C(CCN1CCCCCC1=O)NCCc1nc2ccccc2c(=O)[nH]1. The number of likely N-dealkylation sites (tertiary alicyclic amines) is 1. The van der Waals surface area contributed by atoms with Crippen molar-refractivity contribution in [1.82, 2.24) is 20.2 Å². The first kappa shape index (κ1) is 18.1. The molecule has 1 saturated heterocycles. The van der Waals surface area contributed by atoms with Gasteiger partial charge in [0.25, 0.3) is 5.56 Å². The van der Waals surface area contributed by atoms with E-state index in [-0.39, 0.29) is 17.4 Å². The Labute approximate surface area is 151 Å². The average molecular weight is 356 g/mol. The zero-order chi connectivity index (χ0) is 18.4. The molecule has 0 atom stereocenters. The molecule has 2 amide bonds. The molecule has 2 aromatic rings. The van der Waals surface area contributed by atoms with Gasteiger partial charge in [0.2, 0.25) is 11.8 Å². The van der Waals surface area contributed by atoms with E-state index < -0.39 is 0 Å². The van der Waals surface area contributed by atoms with Crippen molar-refractivity contribution in [3.05, 3.63) is 40.4 Å². The van der Waals surface area contributed by atoms with Crippen LogP contribution in [0.1, 0.15) is 37.9 Å². The lowest BCUT2D eigenvalue weighted by molar-refractivity contribution is -0.131. The Morgan fingerprint density at radius 2 is 2.04 bits per heavy atom. The van der Waals surface area contributed by atoms with Crippen LogP contribution in [-0.4, -0.2) is 46.3 Å². The maximum Gasteiger partial charge on any atom is 0.258 e. The first-order valence-electron chi connectivity index (χ1n) is 9.16. The molecule has 1 aromatic heterocycles. The third kappa shape index (κ3) is 4.68. The lowest BCUT2D eigenvalue weighted by Gasteiger charge is -2.20. The molecule has 2 N–H and O–H groups in total. The smallest absolute Gasteiger partial charge is 0.258 e. The van der Waals surface area contributed by atoms with Crippen LogP contribution in [0.25, 0.3) is 10.9 Å². The molecule has 1 aliphatic rings. The Kier molecular flexibility index (Phi) is 5.99. The summed E-state index contributed by atoms with van der Waals surface area (Å²) in [4.78, 5) is 44.9. The summed E-state index contributed by atoms with van der Waals surface area (Å²) in [5.41, 5.74) is 0.480. The van der Waals surface area contributed by atoms with Gasteiger partial charge in [-0.3, -0.25) is 14.4 Å². The molecule has 0 saturated carbocycles. The van der Waals surface area contributed by atoms with E-state index in [9.17, 15) is 14.4 Å². The van der Waals surface area contributed by atoms with Crippen molar-refractivity contribution in [2.75, 3.05) is 19.6 Å². The molecule has 0 spiro atoms.